The van der Waals surface area contributed by atoms with Crippen molar-refractivity contribution in [2.24, 2.45) is 0 Å². The van der Waals surface area contributed by atoms with E-state index in [-0.39, 0.29) is 0 Å². The van der Waals surface area contributed by atoms with Crippen LogP contribution in [0.15, 0.2) is 22.8 Å². The third-order valence-electron chi connectivity index (χ3n) is 1.61. The van der Waals surface area contributed by atoms with E-state index in [9.17, 15) is 0 Å². The van der Waals surface area contributed by atoms with Crippen LogP contribution in [0.5, 0.6) is 0 Å². The van der Waals surface area contributed by atoms with Crippen molar-refractivity contribution in [3.05, 3.63) is 18.4 Å². The minimum atomic E-state index is 0.681. The highest BCUT2D eigenvalue weighted by atomic mass is 35.5. The van der Waals surface area contributed by atoms with Crippen LogP contribution < -0.4 is 4.90 Å². The molecular formula is C9H12ClNOS2. The summed E-state index contributed by atoms with van der Waals surface area (Å²) in [6.07, 6.45) is 2.61. The fourth-order valence-corrected chi connectivity index (χ4v) is 2.24. The highest BCUT2D eigenvalue weighted by Crippen LogP contribution is 2.18. The summed E-state index contributed by atoms with van der Waals surface area (Å²) in [7, 11) is 1.90. The summed E-state index contributed by atoms with van der Waals surface area (Å²) < 4.78 is 6.03. The van der Waals surface area contributed by atoms with Crippen LogP contribution in [-0.4, -0.2) is 23.0 Å². The molecule has 0 spiro atoms. The highest BCUT2D eigenvalue weighted by molar-refractivity contribution is 8.23. The lowest BCUT2D eigenvalue weighted by molar-refractivity contribution is 0.573. The van der Waals surface area contributed by atoms with E-state index in [1.807, 2.05) is 24.1 Å². The van der Waals surface area contributed by atoms with Gasteiger partial charge in [-0.15, -0.1) is 11.6 Å². The number of alkyl halides is 1. The SMILES string of the molecule is CN(C(=S)SCCCCl)c1ccco1. The molecule has 2 nitrogen and oxygen atoms in total. The molecule has 1 aromatic heterocycles. The summed E-state index contributed by atoms with van der Waals surface area (Å²) in [5, 5.41) is 0. The fraction of sp³-hybridized carbons (Fsp3) is 0.444. The summed E-state index contributed by atoms with van der Waals surface area (Å²) >= 11 is 12.4. The lowest BCUT2D eigenvalue weighted by Crippen LogP contribution is -2.21. The van der Waals surface area contributed by atoms with Gasteiger partial charge in [0.2, 0.25) is 0 Å². The number of furan rings is 1. The van der Waals surface area contributed by atoms with E-state index in [1.165, 1.54) is 0 Å². The maximum Gasteiger partial charge on any atom is 0.200 e. The van der Waals surface area contributed by atoms with Crippen molar-refractivity contribution in [2.45, 2.75) is 6.42 Å². The van der Waals surface area contributed by atoms with Gasteiger partial charge in [-0.2, -0.15) is 0 Å². The van der Waals surface area contributed by atoms with Gasteiger partial charge >= 0.3 is 0 Å². The van der Waals surface area contributed by atoms with Crippen molar-refractivity contribution in [1.29, 1.82) is 0 Å². The number of thioether (sulfide) groups is 1. The first-order chi connectivity index (χ1) is 6.75. The van der Waals surface area contributed by atoms with E-state index in [4.69, 9.17) is 28.2 Å². The third kappa shape index (κ3) is 3.52. The number of halogens is 1. The van der Waals surface area contributed by atoms with Gasteiger partial charge in [0.05, 0.1) is 6.26 Å². The first-order valence-corrected chi connectivity index (χ1v) is 6.18. The molecule has 0 fully saturated rings. The summed E-state index contributed by atoms with van der Waals surface area (Å²) in [4.78, 5) is 1.86. The molecule has 0 saturated carbocycles. The molecule has 1 aromatic rings. The number of hydrogen-bond acceptors (Lipinski definition) is 3. The van der Waals surface area contributed by atoms with Crippen LogP contribution in [-0.2, 0) is 0 Å². The Hall–Kier alpha value is -0.190. The first kappa shape index (κ1) is 11.9. The van der Waals surface area contributed by atoms with Crippen LogP contribution in [0.25, 0.3) is 0 Å². The van der Waals surface area contributed by atoms with Gasteiger partial charge in [-0.25, -0.2) is 0 Å². The smallest absolute Gasteiger partial charge is 0.200 e. The molecule has 0 unspecified atom stereocenters. The standard InChI is InChI=1S/C9H12ClNOS2/c1-11(8-4-2-6-12-8)9(13)14-7-3-5-10/h2,4,6H,3,5,7H2,1H3. The van der Waals surface area contributed by atoms with Crippen molar-refractivity contribution in [3.63, 3.8) is 0 Å². The van der Waals surface area contributed by atoms with Gasteiger partial charge in [-0.1, -0.05) is 24.0 Å². The molecule has 1 heterocycles. The van der Waals surface area contributed by atoms with Gasteiger partial charge in [0, 0.05) is 24.7 Å². The lowest BCUT2D eigenvalue weighted by atomic mass is 10.6. The Balaban J connectivity index is 2.37. The number of thiocarbonyl (C=S) groups is 1. The molecule has 0 aliphatic carbocycles. The second-order valence-electron chi connectivity index (χ2n) is 2.67. The normalized spacial score (nSPS) is 10.1. The van der Waals surface area contributed by atoms with E-state index in [2.05, 4.69) is 0 Å². The quantitative estimate of drug-likeness (QED) is 0.462. The number of anilines is 1. The molecule has 0 atom stereocenters. The molecule has 0 aliphatic rings. The zero-order valence-electron chi connectivity index (χ0n) is 7.90. The average Bonchev–Trinajstić information content (AvgIpc) is 2.69. The Kier molecular flexibility index (Phi) is 5.37. The van der Waals surface area contributed by atoms with E-state index in [0.717, 1.165) is 22.4 Å². The van der Waals surface area contributed by atoms with Crippen molar-refractivity contribution in [3.8, 4) is 0 Å². The Morgan fingerprint density at radius 2 is 2.50 bits per heavy atom. The predicted octanol–water partition coefficient (Wildman–Crippen LogP) is 3.36. The van der Waals surface area contributed by atoms with Crippen LogP contribution in [0.4, 0.5) is 5.88 Å². The predicted molar refractivity (Wildman–Crippen MR) is 67.5 cm³/mol. The van der Waals surface area contributed by atoms with Crippen molar-refractivity contribution >= 4 is 45.8 Å². The van der Waals surface area contributed by atoms with Crippen LogP contribution in [0.3, 0.4) is 0 Å². The molecule has 0 aromatic carbocycles. The number of nitrogens with zero attached hydrogens (tertiary/aromatic N) is 1. The Labute approximate surface area is 98.6 Å². The van der Waals surface area contributed by atoms with E-state index >= 15 is 0 Å². The Bertz CT molecular complexity index is 276. The van der Waals surface area contributed by atoms with Crippen LogP contribution in [0.1, 0.15) is 6.42 Å². The maximum atomic E-state index is 5.58. The summed E-state index contributed by atoms with van der Waals surface area (Å²) in [6.45, 7) is 0. The van der Waals surface area contributed by atoms with Crippen molar-refractivity contribution in [2.75, 3.05) is 23.6 Å². The molecule has 0 radical (unpaired) electrons. The molecule has 1 rings (SSSR count). The van der Waals surface area contributed by atoms with Gasteiger partial charge < -0.3 is 9.32 Å². The molecule has 0 saturated heterocycles. The fourth-order valence-electron chi connectivity index (χ4n) is 0.862. The van der Waals surface area contributed by atoms with Crippen LogP contribution in [0.2, 0.25) is 0 Å². The van der Waals surface area contributed by atoms with Gasteiger partial charge in [0.25, 0.3) is 0 Å². The third-order valence-corrected chi connectivity index (χ3v) is 3.52. The van der Waals surface area contributed by atoms with Crippen LogP contribution in [0, 0.1) is 0 Å². The maximum absolute atomic E-state index is 5.58. The second kappa shape index (κ2) is 6.32. The zero-order valence-corrected chi connectivity index (χ0v) is 10.3. The lowest BCUT2D eigenvalue weighted by Gasteiger charge is -2.15. The summed E-state index contributed by atoms with van der Waals surface area (Å²) in [5.41, 5.74) is 0. The topological polar surface area (TPSA) is 16.4 Å². The minimum Gasteiger partial charge on any atom is -0.448 e. The Morgan fingerprint density at radius 1 is 1.71 bits per heavy atom. The van der Waals surface area contributed by atoms with E-state index in [1.54, 1.807) is 18.0 Å². The molecule has 14 heavy (non-hydrogen) atoms. The Morgan fingerprint density at radius 3 is 3.07 bits per heavy atom. The molecule has 5 heteroatoms. The summed E-state index contributed by atoms with van der Waals surface area (Å²) in [5.74, 6) is 2.40. The second-order valence-corrected chi connectivity index (χ2v) is 4.77. The van der Waals surface area contributed by atoms with Gasteiger partial charge in [-0.3, -0.25) is 0 Å². The van der Waals surface area contributed by atoms with Crippen LogP contribution >= 0.6 is 35.6 Å². The molecule has 0 N–H and O–H groups in total. The van der Waals surface area contributed by atoms with Crippen molar-refractivity contribution in [1.82, 2.24) is 0 Å². The van der Waals surface area contributed by atoms with Gasteiger partial charge in [0.1, 0.15) is 4.32 Å². The van der Waals surface area contributed by atoms with Gasteiger partial charge in [-0.05, 0) is 12.5 Å². The monoisotopic (exact) mass is 249 g/mol. The molecule has 78 valence electrons. The van der Waals surface area contributed by atoms with Crippen molar-refractivity contribution < 1.29 is 4.42 Å². The summed E-state index contributed by atoms with van der Waals surface area (Å²) in [6, 6.07) is 3.73. The largest absolute Gasteiger partial charge is 0.448 e. The average molecular weight is 250 g/mol. The molecule has 0 amide bonds. The number of hydrogen-bond donors (Lipinski definition) is 0. The molecule has 0 bridgehead atoms. The molecule has 0 aliphatic heterocycles. The first-order valence-electron chi connectivity index (χ1n) is 4.25. The molecular weight excluding hydrogens is 238 g/mol. The highest BCUT2D eigenvalue weighted by Gasteiger charge is 2.08. The van der Waals surface area contributed by atoms with E-state index in [0.29, 0.717) is 5.88 Å². The zero-order chi connectivity index (χ0) is 10.4. The number of rotatable bonds is 4. The minimum absolute atomic E-state index is 0.681. The van der Waals surface area contributed by atoms with E-state index < -0.39 is 0 Å². The van der Waals surface area contributed by atoms with Gasteiger partial charge in [0.15, 0.2) is 5.88 Å².